The van der Waals surface area contributed by atoms with Gasteiger partial charge in [0.2, 0.25) is 0 Å². The summed E-state index contributed by atoms with van der Waals surface area (Å²) < 4.78 is 0. The molecule has 0 aliphatic heterocycles. The molecule has 0 heterocycles. The van der Waals surface area contributed by atoms with Gasteiger partial charge in [-0.05, 0) is 6.92 Å². The molecule has 0 aromatic heterocycles. The van der Waals surface area contributed by atoms with E-state index in [1.807, 2.05) is 0 Å². The van der Waals surface area contributed by atoms with Crippen molar-refractivity contribution in [1.82, 2.24) is 0 Å². The van der Waals surface area contributed by atoms with Gasteiger partial charge in [-0.15, -0.1) is 0 Å². The molecule has 0 unspecified atom stereocenters. The Bertz CT molecular complexity index is 127. The maximum absolute atomic E-state index is 9.95. The standard InChI is InChI=1S/C7H12O3/c1-2-6(3-4-8)5-7(9)10/h2,4,7,9-10H,3,5H2,1H3. The zero-order valence-corrected chi connectivity index (χ0v) is 5.95. The lowest BCUT2D eigenvalue weighted by Gasteiger charge is -2.03. The van der Waals surface area contributed by atoms with Gasteiger partial charge in [0.25, 0.3) is 0 Å². The van der Waals surface area contributed by atoms with Gasteiger partial charge in [0.15, 0.2) is 6.29 Å². The van der Waals surface area contributed by atoms with E-state index in [9.17, 15) is 4.79 Å². The van der Waals surface area contributed by atoms with E-state index < -0.39 is 6.29 Å². The van der Waals surface area contributed by atoms with E-state index in [-0.39, 0.29) is 12.8 Å². The van der Waals surface area contributed by atoms with Gasteiger partial charge in [0, 0.05) is 12.8 Å². The van der Waals surface area contributed by atoms with Crippen molar-refractivity contribution >= 4 is 6.29 Å². The van der Waals surface area contributed by atoms with Crippen LogP contribution in [-0.2, 0) is 4.79 Å². The van der Waals surface area contributed by atoms with Gasteiger partial charge in [-0.25, -0.2) is 0 Å². The SMILES string of the molecule is CC=C(CC=O)CC(O)O. The predicted octanol–water partition coefficient (Wildman–Crippen LogP) is 0.223. The minimum Gasteiger partial charge on any atom is -0.368 e. The second-order valence-corrected chi connectivity index (χ2v) is 2.00. The number of carbonyl (C=O) groups excluding carboxylic acids is 1. The van der Waals surface area contributed by atoms with Crippen molar-refractivity contribution in [2.24, 2.45) is 0 Å². The molecule has 3 heteroatoms. The van der Waals surface area contributed by atoms with Crippen molar-refractivity contribution in [1.29, 1.82) is 0 Å². The highest BCUT2D eigenvalue weighted by molar-refractivity contribution is 5.54. The molecule has 0 saturated carbocycles. The van der Waals surface area contributed by atoms with Crippen LogP contribution in [0.5, 0.6) is 0 Å². The predicted molar refractivity (Wildman–Crippen MR) is 37.3 cm³/mol. The highest BCUT2D eigenvalue weighted by atomic mass is 16.5. The molecule has 0 spiro atoms. The minimum atomic E-state index is -1.34. The van der Waals surface area contributed by atoms with E-state index in [0.29, 0.717) is 0 Å². The van der Waals surface area contributed by atoms with Crippen LogP contribution in [0.15, 0.2) is 11.6 Å². The number of hydrogen-bond acceptors (Lipinski definition) is 3. The van der Waals surface area contributed by atoms with Crippen LogP contribution in [0.2, 0.25) is 0 Å². The summed E-state index contributed by atoms with van der Waals surface area (Å²) in [4.78, 5) is 9.95. The van der Waals surface area contributed by atoms with Gasteiger partial charge in [0.05, 0.1) is 0 Å². The Balaban J connectivity index is 3.73. The maximum atomic E-state index is 9.95. The second-order valence-electron chi connectivity index (χ2n) is 2.00. The highest BCUT2D eigenvalue weighted by Gasteiger charge is 2.00. The molecule has 0 saturated heterocycles. The van der Waals surface area contributed by atoms with Crippen LogP contribution in [0.3, 0.4) is 0 Å². The van der Waals surface area contributed by atoms with Crippen molar-refractivity contribution in [3.63, 3.8) is 0 Å². The number of aldehydes is 1. The van der Waals surface area contributed by atoms with Gasteiger partial charge in [-0.2, -0.15) is 0 Å². The van der Waals surface area contributed by atoms with Gasteiger partial charge < -0.3 is 15.0 Å². The lowest BCUT2D eigenvalue weighted by atomic mass is 10.1. The summed E-state index contributed by atoms with van der Waals surface area (Å²) in [5.41, 5.74) is 0.755. The molecule has 2 N–H and O–H groups in total. The molecule has 0 aromatic carbocycles. The van der Waals surface area contributed by atoms with Crippen LogP contribution in [0.1, 0.15) is 19.8 Å². The van der Waals surface area contributed by atoms with Crippen LogP contribution >= 0.6 is 0 Å². The molecular formula is C7H12O3. The van der Waals surface area contributed by atoms with Gasteiger partial charge >= 0.3 is 0 Å². The Labute approximate surface area is 60.0 Å². The molecule has 10 heavy (non-hydrogen) atoms. The van der Waals surface area contributed by atoms with Crippen molar-refractivity contribution in [3.05, 3.63) is 11.6 Å². The van der Waals surface area contributed by atoms with Gasteiger partial charge in [0.1, 0.15) is 6.29 Å². The summed E-state index contributed by atoms with van der Waals surface area (Å²) >= 11 is 0. The minimum absolute atomic E-state index is 0.162. The number of carbonyl (C=O) groups is 1. The van der Waals surface area contributed by atoms with Crippen LogP contribution in [0.4, 0.5) is 0 Å². The molecule has 0 aliphatic carbocycles. The summed E-state index contributed by atoms with van der Waals surface area (Å²) in [6.45, 7) is 1.77. The smallest absolute Gasteiger partial charge is 0.155 e. The average molecular weight is 144 g/mol. The molecular weight excluding hydrogens is 132 g/mol. The lowest BCUT2D eigenvalue weighted by molar-refractivity contribution is -0.107. The molecule has 0 bridgehead atoms. The fourth-order valence-electron chi connectivity index (χ4n) is 0.661. The fraction of sp³-hybridized carbons (Fsp3) is 0.571. The second kappa shape index (κ2) is 5.14. The number of aliphatic hydroxyl groups is 2. The zero-order chi connectivity index (χ0) is 7.98. The quantitative estimate of drug-likeness (QED) is 0.337. The third-order valence-electron chi connectivity index (χ3n) is 1.20. The summed E-state index contributed by atoms with van der Waals surface area (Å²) in [6.07, 6.45) is 1.57. The molecule has 0 aromatic rings. The Hall–Kier alpha value is -0.670. The van der Waals surface area contributed by atoms with Crippen molar-refractivity contribution in [2.75, 3.05) is 0 Å². The lowest BCUT2D eigenvalue weighted by Crippen LogP contribution is -2.05. The number of allylic oxidation sites excluding steroid dienone is 1. The molecule has 3 nitrogen and oxygen atoms in total. The summed E-state index contributed by atoms with van der Waals surface area (Å²) in [6, 6.07) is 0. The Morgan fingerprint density at radius 3 is 2.50 bits per heavy atom. The normalized spacial score (nSPS) is 12.2. The molecule has 0 amide bonds. The fourth-order valence-corrected chi connectivity index (χ4v) is 0.661. The van der Waals surface area contributed by atoms with E-state index in [0.717, 1.165) is 11.9 Å². The zero-order valence-electron chi connectivity index (χ0n) is 5.95. The van der Waals surface area contributed by atoms with Crippen LogP contribution in [0, 0.1) is 0 Å². The van der Waals surface area contributed by atoms with Crippen molar-refractivity contribution in [2.45, 2.75) is 26.1 Å². The Morgan fingerprint density at radius 1 is 1.60 bits per heavy atom. The van der Waals surface area contributed by atoms with Gasteiger partial charge in [-0.1, -0.05) is 11.6 Å². The summed E-state index contributed by atoms with van der Waals surface area (Å²) in [5, 5.41) is 17.0. The van der Waals surface area contributed by atoms with Gasteiger partial charge in [-0.3, -0.25) is 0 Å². The Kier molecular flexibility index (Phi) is 4.80. The van der Waals surface area contributed by atoms with E-state index in [2.05, 4.69) is 0 Å². The largest absolute Gasteiger partial charge is 0.368 e. The van der Waals surface area contributed by atoms with E-state index >= 15 is 0 Å². The number of rotatable bonds is 4. The summed E-state index contributed by atoms with van der Waals surface area (Å²) in [7, 11) is 0. The Morgan fingerprint density at radius 2 is 2.20 bits per heavy atom. The summed E-state index contributed by atoms with van der Waals surface area (Å²) in [5.74, 6) is 0. The topological polar surface area (TPSA) is 57.5 Å². The van der Waals surface area contributed by atoms with E-state index in [4.69, 9.17) is 10.2 Å². The van der Waals surface area contributed by atoms with Crippen LogP contribution in [0.25, 0.3) is 0 Å². The van der Waals surface area contributed by atoms with Crippen LogP contribution < -0.4 is 0 Å². The first kappa shape index (κ1) is 9.33. The maximum Gasteiger partial charge on any atom is 0.155 e. The first-order valence-corrected chi connectivity index (χ1v) is 3.14. The van der Waals surface area contributed by atoms with E-state index in [1.165, 1.54) is 0 Å². The van der Waals surface area contributed by atoms with Crippen molar-refractivity contribution in [3.8, 4) is 0 Å². The average Bonchev–Trinajstić information content (AvgIpc) is 1.86. The first-order chi connectivity index (χ1) is 4.70. The third-order valence-corrected chi connectivity index (χ3v) is 1.20. The van der Waals surface area contributed by atoms with Crippen LogP contribution in [-0.4, -0.2) is 22.8 Å². The number of aliphatic hydroxyl groups excluding tert-OH is 1. The molecule has 58 valence electrons. The molecule has 0 fully saturated rings. The molecule has 0 radical (unpaired) electrons. The van der Waals surface area contributed by atoms with E-state index in [1.54, 1.807) is 13.0 Å². The number of hydrogen-bond donors (Lipinski definition) is 2. The van der Waals surface area contributed by atoms with Crippen molar-refractivity contribution < 1.29 is 15.0 Å². The molecule has 0 aliphatic rings. The third kappa shape index (κ3) is 4.23. The highest BCUT2D eigenvalue weighted by Crippen LogP contribution is 2.06. The first-order valence-electron chi connectivity index (χ1n) is 3.14. The molecule has 0 atom stereocenters. The molecule has 0 rings (SSSR count). The monoisotopic (exact) mass is 144 g/mol.